The number of nitriles is 1. The first-order valence-electron chi connectivity index (χ1n) is 8.34. The zero-order chi connectivity index (χ0) is 15.8. The highest BCUT2D eigenvalue weighted by atomic mass is 16.3. The largest absolute Gasteiger partial charge is 0.393 e. The standard InChI is InChI=1S/C18H27N3O/c1-2-18(22)7-10-20-17-8-11-21(12-9-17)14-16-5-3-15(13-19)4-6-16/h3-6,17-18,20,22H,2,7-12,14H2,1H3. The van der Waals surface area contributed by atoms with E-state index < -0.39 is 0 Å². The SMILES string of the molecule is CCC(O)CCNC1CCN(Cc2ccc(C#N)cc2)CC1. The number of likely N-dealkylation sites (tertiary alicyclic amines) is 1. The van der Waals surface area contributed by atoms with Crippen molar-refractivity contribution in [3.63, 3.8) is 0 Å². The first-order chi connectivity index (χ1) is 10.7. The van der Waals surface area contributed by atoms with Crippen molar-refractivity contribution in [2.75, 3.05) is 19.6 Å². The molecule has 1 heterocycles. The van der Waals surface area contributed by atoms with Gasteiger partial charge in [-0.1, -0.05) is 19.1 Å². The van der Waals surface area contributed by atoms with E-state index in [0.717, 1.165) is 44.6 Å². The van der Waals surface area contributed by atoms with E-state index in [1.165, 1.54) is 18.4 Å². The number of hydrogen-bond acceptors (Lipinski definition) is 4. The molecule has 4 heteroatoms. The summed E-state index contributed by atoms with van der Waals surface area (Å²) < 4.78 is 0. The maximum atomic E-state index is 9.56. The number of nitrogens with zero attached hydrogens (tertiary/aromatic N) is 2. The average molecular weight is 301 g/mol. The Kier molecular flexibility index (Phi) is 6.85. The Morgan fingerprint density at radius 2 is 2.00 bits per heavy atom. The quantitative estimate of drug-likeness (QED) is 0.811. The molecule has 2 N–H and O–H groups in total. The minimum atomic E-state index is -0.163. The zero-order valence-electron chi connectivity index (χ0n) is 13.5. The van der Waals surface area contributed by atoms with E-state index in [9.17, 15) is 5.11 Å². The van der Waals surface area contributed by atoms with Gasteiger partial charge in [-0.15, -0.1) is 0 Å². The maximum Gasteiger partial charge on any atom is 0.0991 e. The predicted molar refractivity (Wildman–Crippen MR) is 88.4 cm³/mol. The third kappa shape index (κ3) is 5.42. The molecule has 1 fully saturated rings. The summed E-state index contributed by atoms with van der Waals surface area (Å²) in [7, 11) is 0. The topological polar surface area (TPSA) is 59.3 Å². The molecule has 0 aromatic heterocycles. The van der Waals surface area contributed by atoms with E-state index in [0.29, 0.717) is 6.04 Å². The molecule has 1 aromatic rings. The highest BCUT2D eigenvalue weighted by Crippen LogP contribution is 2.14. The lowest BCUT2D eigenvalue weighted by Crippen LogP contribution is -2.42. The summed E-state index contributed by atoms with van der Waals surface area (Å²) >= 11 is 0. The van der Waals surface area contributed by atoms with E-state index in [2.05, 4.69) is 28.4 Å². The lowest BCUT2D eigenvalue weighted by molar-refractivity contribution is 0.151. The van der Waals surface area contributed by atoms with Crippen LogP contribution in [-0.2, 0) is 6.54 Å². The van der Waals surface area contributed by atoms with Crippen molar-refractivity contribution < 1.29 is 5.11 Å². The summed E-state index contributed by atoms with van der Waals surface area (Å²) in [4.78, 5) is 2.47. The van der Waals surface area contributed by atoms with Crippen molar-refractivity contribution in [2.45, 2.75) is 51.3 Å². The van der Waals surface area contributed by atoms with Gasteiger partial charge in [-0.2, -0.15) is 5.26 Å². The van der Waals surface area contributed by atoms with Gasteiger partial charge in [0.25, 0.3) is 0 Å². The van der Waals surface area contributed by atoms with Gasteiger partial charge in [0.05, 0.1) is 17.7 Å². The second kappa shape index (κ2) is 8.89. The van der Waals surface area contributed by atoms with Gasteiger partial charge in [0, 0.05) is 12.6 Å². The van der Waals surface area contributed by atoms with Crippen LogP contribution in [0.25, 0.3) is 0 Å². The molecule has 0 radical (unpaired) electrons. The molecule has 1 aromatic carbocycles. The Labute approximate surface area is 133 Å². The lowest BCUT2D eigenvalue weighted by atomic mass is 10.0. The first kappa shape index (κ1) is 17.0. The summed E-state index contributed by atoms with van der Waals surface area (Å²) in [6.45, 7) is 6.11. The Morgan fingerprint density at radius 3 is 2.59 bits per heavy atom. The van der Waals surface area contributed by atoms with Crippen LogP contribution in [0, 0.1) is 11.3 Å². The molecule has 0 spiro atoms. The fourth-order valence-corrected chi connectivity index (χ4v) is 2.90. The second-order valence-electron chi connectivity index (χ2n) is 6.16. The van der Waals surface area contributed by atoms with Gasteiger partial charge in [0.15, 0.2) is 0 Å². The first-order valence-corrected chi connectivity index (χ1v) is 8.34. The van der Waals surface area contributed by atoms with Crippen LogP contribution >= 0.6 is 0 Å². The zero-order valence-corrected chi connectivity index (χ0v) is 13.5. The molecule has 1 aliphatic rings. The van der Waals surface area contributed by atoms with Crippen LogP contribution in [-0.4, -0.2) is 41.8 Å². The van der Waals surface area contributed by atoms with Crippen LogP contribution in [0.3, 0.4) is 0 Å². The van der Waals surface area contributed by atoms with Crippen molar-refractivity contribution in [3.8, 4) is 6.07 Å². The third-order valence-corrected chi connectivity index (χ3v) is 4.46. The van der Waals surface area contributed by atoms with Gasteiger partial charge in [0.2, 0.25) is 0 Å². The predicted octanol–water partition coefficient (Wildman–Crippen LogP) is 2.27. The minimum Gasteiger partial charge on any atom is -0.393 e. The Hall–Kier alpha value is -1.41. The van der Waals surface area contributed by atoms with E-state index in [1.54, 1.807) is 0 Å². The number of hydrogen-bond donors (Lipinski definition) is 2. The van der Waals surface area contributed by atoms with Crippen molar-refractivity contribution in [3.05, 3.63) is 35.4 Å². The molecule has 1 unspecified atom stereocenters. The van der Waals surface area contributed by atoms with Crippen molar-refractivity contribution in [1.82, 2.24) is 10.2 Å². The normalized spacial score (nSPS) is 18.0. The second-order valence-corrected chi connectivity index (χ2v) is 6.16. The average Bonchev–Trinajstić information content (AvgIpc) is 2.57. The molecule has 4 nitrogen and oxygen atoms in total. The van der Waals surface area contributed by atoms with Crippen molar-refractivity contribution in [2.24, 2.45) is 0 Å². The molecule has 1 atom stereocenters. The molecular formula is C18H27N3O. The molecule has 120 valence electrons. The fourth-order valence-electron chi connectivity index (χ4n) is 2.90. The minimum absolute atomic E-state index is 0.163. The molecule has 2 rings (SSSR count). The Balaban J connectivity index is 1.67. The molecule has 1 aliphatic heterocycles. The van der Waals surface area contributed by atoms with Crippen molar-refractivity contribution in [1.29, 1.82) is 5.26 Å². The summed E-state index contributed by atoms with van der Waals surface area (Å²) in [5, 5.41) is 21.9. The molecule has 0 bridgehead atoms. The van der Waals surface area contributed by atoms with Crippen LogP contribution < -0.4 is 5.32 Å². The smallest absolute Gasteiger partial charge is 0.0991 e. The van der Waals surface area contributed by atoms with E-state index in [1.807, 2.05) is 19.1 Å². The number of aliphatic hydroxyl groups excluding tert-OH is 1. The number of benzene rings is 1. The summed E-state index contributed by atoms with van der Waals surface area (Å²) in [5.41, 5.74) is 2.00. The number of nitrogens with one attached hydrogen (secondary N) is 1. The molecule has 22 heavy (non-hydrogen) atoms. The van der Waals surface area contributed by atoms with Gasteiger partial charge < -0.3 is 10.4 Å². The van der Waals surface area contributed by atoms with Gasteiger partial charge >= 0.3 is 0 Å². The van der Waals surface area contributed by atoms with E-state index in [4.69, 9.17) is 5.26 Å². The molecule has 1 saturated heterocycles. The highest BCUT2D eigenvalue weighted by molar-refractivity contribution is 5.31. The van der Waals surface area contributed by atoms with Gasteiger partial charge in [-0.05, 0) is 63.0 Å². The van der Waals surface area contributed by atoms with Gasteiger partial charge in [0.1, 0.15) is 0 Å². The summed E-state index contributed by atoms with van der Waals surface area (Å²) in [6, 6.07) is 10.6. The summed E-state index contributed by atoms with van der Waals surface area (Å²) in [5.74, 6) is 0. The molecule has 0 aliphatic carbocycles. The Morgan fingerprint density at radius 1 is 1.32 bits per heavy atom. The fraction of sp³-hybridized carbons (Fsp3) is 0.611. The lowest BCUT2D eigenvalue weighted by Gasteiger charge is -2.32. The number of piperidine rings is 1. The highest BCUT2D eigenvalue weighted by Gasteiger charge is 2.18. The Bertz CT molecular complexity index is 472. The van der Waals surface area contributed by atoms with E-state index in [-0.39, 0.29) is 6.10 Å². The van der Waals surface area contributed by atoms with Crippen LogP contribution in [0.1, 0.15) is 43.7 Å². The van der Waals surface area contributed by atoms with Crippen LogP contribution in [0.2, 0.25) is 0 Å². The van der Waals surface area contributed by atoms with Gasteiger partial charge in [-0.25, -0.2) is 0 Å². The molecular weight excluding hydrogens is 274 g/mol. The molecule has 0 saturated carbocycles. The number of rotatable bonds is 7. The third-order valence-electron chi connectivity index (χ3n) is 4.46. The maximum absolute atomic E-state index is 9.56. The van der Waals surface area contributed by atoms with Gasteiger partial charge in [-0.3, -0.25) is 4.90 Å². The van der Waals surface area contributed by atoms with Crippen LogP contribution in [0.4, 0.5) is 0 Å². The number of aliphatic hydroxyl groups is 1. The van der Waals surface area contributed by atoms with E-state index >= 15 is 0 Å². The molecule has 0 amide bonds. The van der Waals surface area contributed by atoms with Crippen LogP contribution in [0.15, 0.2) is 24.3 Å². The monoisotopic (exact) mass is 301 g/mol. The van der Waals surface area contributed by atoms with Crippen molar-refractivity contribution >= 4 is 0 Å². The summed E-state index contributed by atoms with van der Waals surface area (Å²) in [6.07, 6.45) is 3.85. The van der Waals surface area contributed by atoms with Crippen LogP contribution in [0.5, 0.6) is 0 Å².